The van der Waals surface area contributed by atoms with Gasteiger partial charge >= 0.3 is 0 Å². The van der Waals surface area contributed by atoms with Crippen molar-refractivity contribution in [3.63, 3.8) is 0 Å². The van der Waals surface area contributed by atoms with Crippen LogP contribution in [0.3, 0.4) is 0 Å². The number of nitrogens with one attached hydrogen (secondary N) is 1. The van der Waals surface area contributed by atoms with Crippen LogP contribution in [0.15, 0.2) is 6.20 Å². The standard InChI is InChI=1S/C12H24N4O2/c1-2-3-11(4-6-17)8-13-9-12-10-16(5-7-18)15-14-12/h10-11,13,17-18H,2-9H2,1H3. The minimum absolute atomic E-state index is 0.0747. The van der Waals surface area contributed by atoms with Gasteiger partial charge in [-0.25, -0.2) is 4.68 Å². The SMILES string of the molecule is CCCC(CCO)CNCc1cn(CCO)nn1. The van der Waals surface area contributed by atoms with Crippen molar-refractivity contribution in [3.8, 4) is 0 Å². The van der Waals surface area contributed by atoms with Gasteiger partial charge in [-0.3, -0.25) is 0 Å². The molecule has 3 N–H and O–H groups in total. The highest BCUT2D eigenvalue weighted by Crippen LogP contribution is 2.09. The number of nitrogens with zero attached hydrogens (tertiary/aromatic N) is 3. The van der Waals surface area contributed by atoms with Gasteiger partial charge < -0.3 is 15.5 Å². The Hall–Kier alpha value is -0.980. The molecule has 0 aliphatic heterocycles. The lowest BCUT2D eigenvalue weighted by molar-refractivity contribution is 0.248. The fourth-order valence-electron chi connectivity index (χ4n) is 1.97. The van der Waals surface area contributed by atoms with Crippen LogP contribution >= 0.6 is 0 Å². The third-order valence-corrected chi connectivity index (χ3v) is 2.89. The summed E-state index contributed by atoms with van der Waals surface area (Å²) in [6.45, 7) is 4.53. The first-order valence-corrected chi connectivity index (χ1v) is 6.61. The van der Waals surface area contributed by atoms with Crippen LogP contribution in [0.25, 0.3) is 0 Å². The van der Waals surface area contributed by atoms with E-state index in [1.165, 1.54) is 0 Å². The van der Waals surface area contributed by atoms with Gasteiger partial charge in [0.2, 0.25) is 0 Å². The van der Waals surface area contributed by atoms with Gasteiger partial charge in [0.25, 0.3) is 0 Å². The van der Waals surface area contributed by atoms with E-state index in [1.807, 2.05) is 6.20 Å². The molecule has 1 heterocycles. The van der Waals surface area contributed by atoms with Crippen molar-refractivity contribution in [3.05, 3.63) is 11.9 Å². The number of aliphatic hydroxyl groups is 2. The quantitative estimate of drug-likeness (QED) is 0.555. The zero-order valence-corrected chi connectivity index (χ0v) is 11.0. The average Bonchev–Trinajstić information content (AvgIpc) is 2.78. The summed E-state index contributed by atoms with van der Waals surface area (Å²) in [5.74, 6) is 0.521. The second kappa shape index (κ2) is 9.02. The van der Waals surface area contributed by atoms with E-state index in [-0.39, 0.29) is 13.2 Å². The van der Waals surface area contributed by atoms with Crippen LogP contribution in [0.5, 0.6) is 0 Å². The van der Waals surface area contributed by atoms with Gasteiger partial charge in [0.05, 0.1) is 18.8 Å². The molecule has 1 unspecified atom stereocenters. The minimum Gasteiger partial charge on any atom is -0.396 e. The summed E-state index contributed by atoms with van der Waals surface area (Å²) in [5.41, 5.74) is 0.877. The van der Waals surface area contributed by atoms with Gasteiger partial charge in [0.1, 0.15) is 0 Å². The Morgan fingerprint density at radius 3 is 2.83 bits per heavy atom. The molecule has 0 amide bonds. The van der Waals surface area contributed by atoms with E-state index in [9.17, 15) is 0 Å². The summed E-state index contributed by atoms with van der Waals surface area (Å²) < 4.78 is 1.63. The van der Waals surface area contributed by atoms with Crippen LogP contribution in [-0.2, 0) is 13.1 Å². The summed E-state index contributed by atoms with van der Waals surface area (Å²) in [6.07, 6.45) is 4.95. The Morgan fingerprint density at radius 1 is 1.33 bits per heavy atom. The normalized spacial score (nSPS) is 12.8. The maximum absolute atomic E-state index is 8.96. The van der Waals surface area contributed by atoms with Crippen LogP contribution in [0, 0.1) is 5.92 Å². The molecule has 0 saturated carbocycles. The minimum atomic E-state index is 0.0747. The molecule has 1 rings (SSSR count). The summed E-state index contributed by atoms with van der Waals surface area (Å²) in [4.78, 5) is 0. The van der Waals surface area contributed by atoms with Gasteiger partial charge in [0, 0.05) is 19.3 Å². The molecular formula is C12H24N4O2. The number of hydrogen-bond acceptors (Lipinski definition) is 5. The fraction of sp³-hybridized carbons (Fsp3) is 0.833. The summed E-state index contributed by atoms with van der Waals surface area (Å²) in [6, 6.07) is 0. The van der Waals surface area contributed by atoms with Crippen molar-refractivity contribution < 1.29 is 10.2 Å². The average molecular weight is 256 g/mol. The molecule has 0 fully saturated rings. The van der Waals surface area contributed by atoms with Gasteiger partial charge in [-0.2, -0.15) is 0 Å². The molecule has 1 atom stereocenters. The highest BCUT2D eigenvalue weighted by molar-refractivity contribution is 4.91. The van der Waals surface area contributed by atoms with Crippen molar-refractivity contribution in [1.29, 1.82) is 0 Å². The molecule has 6 heteroatoms. The number of aliphatic hydroxyl groups excluding tert-OH is 2. The largest absolute Gasteiger partial charge is 0.396 e. The first-order valence-electron chi connectivity index (χ1n) is 6.61. The Bertz CT molecular complexity index is 311. The molecule has 6 nitrogen and oxygen atoms in total. The molecule has 104 valence electrons. The zero-order valence-electron chi connectivity index (χ0n) is 11.0. The second-order valence-electron chi connectivity index (χ2n) is 4.49. The lowest BCUT2D eigenvalue weighted by atomic mass is 10.0. The van der Waals surface area contributed by atoms with Gasteiger partial charge in [-0.05, 0) is 25.3 Å². The van der Waals surface area contributed by atoms with E-state index in [4.69, 9.17) is 10.2 Å². The number of hydrogen-bond donors (Lipinski definition) is 3. The maximum Gasteiger partial charge on any atom is 0.0964 e. The third-order valence-electron chi connectivity index (χ3n) is 2.89. The van der Waals surface area contributed by atoms with Crippen molar-refractivity contribution >= 4 is 0 Å². The van der Waals surface area contributed by atoms with Gasteiger partial charge in [0.15, 0.2) is 0 Å². The Labute approximate surface area is 108 Å². The van der Waals surface area contributed by atoms with Crippen molar-refractivity contribution in [1.82, 2.24) is 20.3 Å². The Kier molecular flexibility index (Phi) is 7.55. The third kappa shape index (κ3) is 5.57. The van der Waals surface area contributed by atoms with Crippen LogP contribution in [-0.4, -0.2) is 45.0 Å². The first-order chi connectivity index (χ1) is 8.80. The van der Waals surface area contributed by atoms with E-state index in [2.05, 4.69) is 22.6 Å². The summed E-state index contributed by atoms with van der Waals surface area (Å²) in [7, 11) is 0. The molecule has 18 heavy (non-hydrogen) atoms. The predicted octanol–water partition coefficient (Wildman–Crippen LogP) is 0.159. The molecule has 0 aliphatic carbocycles. The summed E-state index contributed by atoms with van der Waals surface area (Å²) in [5, 5.41) is 29.0. The molecule has 0 saturated heterocycles. The zero-order chi connectivity index (χ0) is 13.2. The topological polar surface area (TPSA) is 83.2 Å². The van der Waals surface area contributed by atoms with Crippen molar-refractivity contribution in [2.75, 3.05) is 19.8 Å². The molecule has 1 aromatic rings. The predicted molar refractivity (Wildman–Crippen MR) is 68.9 cm³/mol. The van der Waals surface area contributed by atoms with Crippen LogP contribution in [0.1, 0.15) is 31.9 Å². The van der Waals surface area contributed by atoms with Crippen LogP contribution in [0.2, 0.25) is 0 Å². The number of aromatic nitrogens is 3. The lowest BCUT2D eigenvalue weighted by Crippen LogP contribution is -2.23. The van der Waals surface area contributed by atoms with E-state index in [0.717, 1.165) is 31.5 Å². The molecule has 0 aliphatic rings. The molecule has 1 aromatic heterocycles. The molecule has 0 bridgehead atoms. The smallest absolute Gasteiger partial charge is 0.0964 e. The van der Waals surface area contributed by atoms with E-state index >= 15 is 0 Å². The second-order valence-corrected chi connectivity index (χ2v) is 4.49. The first kappa shape index (κ1) is 15.1. The van der Waals surface area contributed by atoms with Crippen molar-refractivity contribution in [2.45, 2.75) is 39.3 Å². The molecule has 0 spiro atoms. The van der Waals surface area contributed by atoms with E-state index in [0.29, 0.717) is 19.0 Å². The Balaban J connectivity index is 2.25. The summed E-state index contributed by atoms with van der Waals surface area (Å²) >= 11 is 0. The lowest BCUT2D eigenvalue weighted by Gasteiger charge is -2.14. The van der Waals surface area contributed by atoms with Crippen molar-refractivity contribution in [2.24, 2.45) is 5.92 Å². The Morgan fingerprint density at radius 2 is 2.17 bits per heavy atom. The van der Waals surface area contributed by atoms with Gasteiger partial charge in [-0.15, -0.1) is 5.10 Å². The molecule has 0 radical (unpaired) electrons. The number of rotatable bonds is 10. The van der Waals surface area contributed by atoms with E-state index < -0.39 is 0 Å². The molecule has 0 aromatic carbocycles. The monoisotopic (exact) mass is 256 g/mol. The maximum atomic E-state index is 8.96. The van der Waals surface area contributed by atoms with Crippen LogP contribution < -0.4 is 5.32 Å². The van der Waals surface area contributed by atoms with E-state index in [1.54, 1.807) is 4.68 Å². The fourth-order valence-corrected chi connectivity index (χ4v) is 1.97. The van der Waals surface area contributed by atoms with Crippen LogP contribution in [0.4, 0.5) is 0 Å². The molecular weight excluding hydrogens is 232 g/mol. The van der Waals surface area contributed by atoms with Gasteiger partial charge in [-0.1, -0.05) is 18.6 Å². The highest BCUT2D eigenvalue weighted by Gasteiger charge is 2.07. The highest BCUT2D eigenvalue weighted by atomic mass is 16.3.